The molecule has 10 heteroatoms. The lowest BCUT2D eigenvalue weighted by Gasteiger charge is -2.62. The molecule has 3 saturated heterocycles. The van der Waals surface area contributed by atoms with Crippen LogP contribution in [0.2, 0.25) is 0 Å². The van der Waals surface area contributed by atoms with E-state index in [9.17, 15) is 14.7 Å². The van der Waals surface area contributed by atoms with E-state index in [-0.39, 0.29) is 23.4 Å². The Kier molecular flexibility index (Phi) is 4.14. The number of carbonyl (C=O) groups is 2. The van der Waals surface area contributed by atoms with Gasteiger partial charge in [-0.3, -0.25) is 9.59 Å². The molecule has 2 atom stereocenters. The van der Waals surface area contributed by atoms with E-state index in [2.05, 4.69) is 20.4 Å². The maximum absolute atomic E-state index is 13.1. The largest absolute Gasteiger partial charge is 0.392 e. The van der Waals surface area contributed by atoms with Crippen LogP contribution < -0.4 is 5.32 Å². The van der Waals surface area contributed by atoms with Crippen LogP contribution in [0.25, 0.3) is 11.4 Å². The second-order valence-electron chi connectivity index (χ2n) is 8.03. The number of hydrogen-bond donors (Lipinski definition) is 2. The van der Waals surface area contributed by atoms with E-state index >= 15 is 0 Å². The van der Waals surface area contributed by atoms with Crippen molar-refractivity contribution in [3.63, 3.8) is 0 Å². The van der Waals surface area contributed by atoms with Crippen LogP contribution in [0.3, 0.4) is 0 Å². The van der Waals surface area contributed by atoms with Crippen molar-refractivity contribution >= 4 is 11.8 Å². The normalized spacial score (nSPS) is 25.0. The average molecular weight is 398 g/mol. The summed E-state index contributed by atoms with van der Waals surface area (Å²) in [5, 5.41) is 16.8. The summed E-state index contributed by atoms with van der Waals surface area (Å²) in [5.74, 6) is 0.287. The van der Waals surface area contributed by atoms with E-state index < -0.39 is 6.10 Å². The van der Waals surface area contributed by atoms with Gasteiger partial charge in [-0.25, -0.2) is 9.97 Å². The van der Waals surface area contributed by atoms with Gasteiger partial charge in [0.25, 0.3) is 5.91 Å². The van der Waals surface area contributed by atoms with Crippen molar-refractivity contribution in [2.24, 2.45) is 0 Å². The Bertz CT molecular complexity index is 955. The van der Waals surface area contributed by atoms with Crippen molar-refractivity contribution in [3.05, 3.63) is 29.9 Å². The van der Waals surface area contributed by atoms with Crippen LogP contribution in [-0.4, -0.2) is 85.7 Å². The first kappa shape index (κ1) is 18.2. The van der Waals surface area contributed by atoms with Crippen LogP contribution in [0, 0.1) is 6.92 Å². The van der Waals surface area contributed by atoms with Gasteiger partial charge in [0.15, 0.2) is 0 Å². The molecule has 3 aliphatic heterocycles. The topological polar surface area (TPSA) is 125 Å². The zero-order valence-corrected chi connectivity index (χ0v) is 16.0. The van der Waals surface area contributed by atoms with E-state index in [4.69, 9.17) is 4.52 Å². The Balaban J connectivity index is 1.30. The third-order valence-corrected chi connectivity index (χ3v) is 6.20. The van der Waals surface area contributed by atoms with Gasteiger partial charge in [-0.2, -0.15) is 0 Å². The van der Waals surface area contributed by atoms with Crippen molar-refractivity contribution in [1.82, 2.24) is 30.2 Å². The molecule has 0 aromatic carbocycles. The summed E-state index contributed by atoms with van der Waals surface area (Å²) in [7, 11) is 0. The van der Waals surface area contributed by atoms with Gasteiger partial charge in [0.2, 0.25) is 5.91 Å². The third-order valence-electron chi connectivity index (χ3n) is 6.20. The molecule has 2 N–H and O–H groups in total. The van der Waals surface area contributed by atoms with Crippen LogP contribution in [0.4, 0.5) is 0 Å². The molecular formula is C19H22N6O4. The highest BCUT2D eigenvalue weighted by atomic mass is 16.5. The third kappa shape index (κ3) is 2.82. The number of likely N-dealkylation sites (tertiary alicyclic amines) is 2. The van der Waals surface area contributed by atoms with Crippen molar-refractivity contribution in [1.29, 1.82) is 0 Å². The number of aryl methyl sites for hydroxylation is 1. The van der Waals surface area contributed by atoms with E-state index in [1.165, 1.54) is 6.33 Å². The molecule has 0 radical (unpaired) electrons. The van der Waals surface area contributed by atoms with Gasteiger partial charge in [-0.15, -0.1) is 0 Å². The van der Waals surface area contributed by atoms with Crippen LogP contribution in [0.15, 0.2) is 23.1 Å². The summed E-state index contributed by atoms with van der Waals surface area (Å²) >= 11 is 0. The van der Waals surface area contributed by atoms with Gasteiger partial charge in [0, 0.05) is 32.4 Å². The summed E-state index contributed by atoms with van der Waals surface area (Å²) in [6, 6.07) is 1.35. The average Bonchev–Trinajstić information content (AvgIpc) is 3.26. The molecule has 1 spiro atoms. The number of carbonyl (C=O) groups excluding carboxylic acids is 2. The second-order valence-corrected chi connectivity index (χ2v) is 8.03. The van der Waals surface area contributed by atoms with Gasteiger partial charge in [0.1, 0.15) is 23.3 Å². The number of β-amino-alcohol motifs (C(OH)–C–C–N with tert-alkyl or cyclic N) is 1. The molecule has 2 amide bonds. The fourth-order valence-electron chi connectivity index (χ4n) is 4.50. The molecular weight excluding hydrogens is 376 g/mol. The highest BCUT2D eigenvalue weighted by Crippen LogP contribution is 2.41. The molecule has 152 valence electrons. The molecule has 5 rings (SSSR count). The summed E-state index contributed by atoms with van der Waals surface area (Å²) < 4.78 is 5.26. The number of rotatable bonds is 3. The van der Waals surface area contributed by atoms with Crippen molar-refractivity contribution in [3.8, 4) is 11.4 Å². The monoisotopic (exact) mass is 398 g/mol. The fraction of sp³-hybridized carbons (Fsp3) is 0.526. The fourth-order valence-corrected chi connectivity index (χ4v) is 4.50. The zero-order valence-electron chi connectivity index (χ0n) is 16.0. The molecule has 0 aliphatic carbocycles. The molecule has 0 saturated carbocycles. The Morgan fingerprint density at radius 3 is 2.83 bits per heavy atom. The molecule has 29 heavy (non-hydrogen) atoms. The molecule has 5 heterocycles. The smallest absolute Gasteiger partial charge is 0.259 e. The van der Waals surface area contributed by atoms with Gasteiger partial charge in [-0.05, 0) is 25.8 Å². The van der Waals surface area contributed by atoms with Crippen LogP contribution >= 0.6 is 0 Å². The number of nitrogens with zero attached hydrogens (tertiary/aromatic N) is 5. The molecule has 2 aromatic rings. The lowest BCUT2D eigenvalue weighted by molar-refractivity contribution is -0.163. The second kappa shape index (κ2) is 6.60. The summed E-state index contributed by atoms with van der Waals surface area (Å²) in [6.45, 7) is 3.81. The number of aromatic nitrogens is 3. The Morgan fingerprint density at radius 2 is 2.21 bits per heavy atom. The van der Waals surface area contributed by atoms with Gasteiger partial charge < -0.3 is 24.7 Å². The maximum atomic E-state index is 13.1. The molecule has 0 bridgehead atoms. The lowest BCUT2D eigenvalue weighted by atomic mass is 9.76. The minimum atomic E-state index is -0.475. The highest BCUT2D eigenvalue weighted by molar-refractivity contribution is 6.01. The van der Waals surface area contributed by atoms with Crippen LogP contribution in [0.1, 0.15) is 29.0 Å². The van der Waals surface area contributed by atoms with E-state index in [1.54, 1.807) is 24.1 Å². The highest BCUT2D eigenvalue weighted by Gasteiger charge is 2.58. The SMILES string of the molecule is Cc1onc(-c2ccncn2)c1C(=O)N1CC2(CCN2C(=O)[C@H]2C[C@H](O)CN2)C1. The molecule has 0 unspecified atom stereocenters. The summed E-state index contributed by atoms with van der Waals surface area (Å²) in [6.07, 6.45) is 3.83. The standard InChI is InChI=1S/C19H22N6O4/c1-11-15(16(23-29-11)13-2-4-20-10-22-13)18(28)24-8-19(9-24)3-5-25(19)17(27)14-6-12(26)7-21-14/h2,4,10,12,14,21,26H,3,5-9H2,1H3/t12-,14+/m0/s1. The number of amides is 2. The first-order valence-electron chi connectivity index (χ1n) is 9.73. The Hall–Kier alpha value is -2.85. The Labute approximate surface area is 166 Å². The number of aliphatic hydroxyl groups excluding tert-OH is 1. The van der Waals surface area contributed by atoms with E-state index in [0.29, 0.717) is 55.3 Å². The predicted octanol–water partition coefficient (Wildman–Crippen LogP) is -0.410. The number of hydrogen-bond acceptors (Lipinski definition) is 8. The van der Waals surface area contributed by atoms with Gasteiger partial charge in [0.05, 0.1) is 23.4 Å². The first-order valence-corrected chi connectivity index (χ1v) is 9.73. The van der Waals surface area contributed by atoms with Crippen molar-refractivity contribution in [2.75, 3.05) is 26.2 Å². The quantitative estimate of drug-likeness (QED) is 0.715. The molecule has 10 nitrogen and oxygen atoms in total. The maximum Gasteiger partial charge on any atom is 0.259 e. The van der Waals surface area contributed by atoms with E-state index in [0.717, 1.165) is 6.42 Å². The van der Waals surface area contributed by atoms with Gasteiger partial charge in [-0.1, -0.05) is 5.16 Å². The van der Waals surface area contributed by atoms with Crippen LogP contribution in [0.5, 0.6) is 0 Å². The molecule has 2 aromatic heterocycles. The van der Waals surface area contributed by atoms with Crippen molar-refractivity contribution in [2.45, 2.75) is 37.5 Å². The van der Waals surface area contributed by atoms with Gasteiger partial charge >= 0.3 is 0 Å². The zero-order chi connectivity index (χ0) is 20.2. The summed E-state index contributed by atoms with van der Waals surface area (Å²) in [5.41, 5.74) is 1.04. The number of nitrogens with one attached hydrogen (secondary N) is 1. The first-order chi connectivity index (χ1) is 14.0. The van der Waals surface area contributed by atoms with Crippen LogP contribution in [-0.2, 0) is 4.79 Å². The molecule has 3 fully saturated rings. The minimum absolute atomic E-state index is 0.0164. The molecule has 3 aliphatic rings. The number of aliphatic hydroxyl groups is 1. The minimum Gasteiger partial charge on any atom is -0.392 e. The van der Waals surface area contributed by atoms with Crippen molar-refractivity contribution < 1.29 is 19.2 Å². The lowest BCUT2D eigenvalue weighted by Crippen LogP contribution is -2.79. The predicted molar refractivity (Wildman–Crippen MR) is 99.6 cm³/mol. The Morgan fingerprint density at radius 1 is 1.38 bits per heavy atom. The summed E-state index contributed by atoms with van der Waals surface area (Å²) in [4.78, 5) is 37.6. The van der Waals surface area contributed by atoms with E-state index in [1.807, 2.05) is 4.90 Å².